The quantitative estimate of drug-likeness (QED) is 0.739. The van der Waals surface area contributed by atoms with Gasteiger partial charge in [-0.05, 0) is 36.2 Å². The number of methoxy groups -OCH3 is 1. The third-order valence-corrected chi connectivity index (χ3v) is 4.36. The van der Waals surface area contributed by atoms with Crippen LogP contribution in [0.1, 0.15) is 30.1 Å². The fraction of sp³-hybridized carbons (Fsp3) is 0.250. The van der Waals surface area contributed by atoms with Crippen LogP contribution in [0.25, 0.3) is 22.2 Å². The molecule has 134 valence electrons. The molecule has 0 saturated heterocycles. The number of ether oxygens (including phenoxy) is 1. The number of benzene rings is 1. The van der Waals surface area contributed by atoms with Crippen LogP contribution in [0.4, 0.5) is 0 Å². The fourth-order valence-electron chi connectivity index (χ4n) is 3.11. The van der Waals surface area contributed by atoms with Crippen LogP contribution in [0.2, 0.25) is 0 Å². The molecule has 2 heterocycles. The van der Waals surface area contributed by atoms with Gasteiger partial charge in [-0.15, -0.1) is 0 Å². The van der Waals surface area contributed by atoms with Crippen LogP contribution in [0, 0.1) is 0 Å². The first kappa shape index (κ1) is 17.7. The summed E-state index contributed by atoms with van der Waals surface area (Å²) in [6.07, 6.45) is 3.37. The Kier molecular flexibility index (Phi) is 5.02. The summed E-state index contributed by atoms with van der Waals surface area (Å²) >= 11 is 0. The van der Waals surface area contributed by atoms with Crippen molar-refractivity contribution in [2.75, 3.05) is 7.11 Å². The Morgan fingerprint density at radius 1 is 1.27 bits per heavy atom. The summed E-state index contributed by atoms with van der Waals surface area (Å²) in [5, 5.41) is 0.713. The standard InChI is InChI=1S/C20H21N3O3/c1-3-4-11-23-19-15(9-6-10-22-19)16(17(18(21)24)20(23)25)13-7-5-8-14(12-13)26-2/h5-10,12H,3-4,11H2,1-2H3,(H2,21,24). The number of aromatic nitrogens is 2. The van der Waals surface area contributed by atoms with Gasteiger partial charge in [0.25, 0.3) is 11.5 Å². The zero-order chi connectivity index (χ0) is 18.7. The topological polar surface area (TPSA) is 87.2 Å². The minimum atomic E-state index is -0.746. The van der Waals surface area contributed by atoms with Crippen molar-refractivity contribution in [3.63, 3.8) is 0 Å². The number of amides is 1. The second-order valence-corrected chi connectivity index (χ2v) is 6.03. The largest absolute Gasteiger partial charge is 0.497 e. The van der Waals surface area contributed by atoms with Crippen molar-refractivity contribution in [3.8, 4) is 16.9 Å². The SMILES string of the molecule is CCCCn1c(=O)c(C(N)=O)c(-c2cccc(OC)c2)c2cccnc21. The van der Waals surface area contributed by atoms with E-state index in [9.17, 15) is 9.59 Å². The van der Waals surface area contributed by atoms with E-state index in [1.807, 2.05) is 25.1 Å². The molecule has 0 aliphatic rings. The molecule has 6 heteroatoms. The van der Waals surface area contributed by atoms with Gasteiger partial charge < -0.3 is 10.5 Å². The highest BCUT2D eigenvalue weighted by atomic mass is 16.5. The van der Waals surface area contributed by atoms with Crippen LogP contribution >= 0.6 is 0 Å². The molecule has 0 unspecified atom stereocenters. The zero-order valence-electron chi connectivity index (χ0n) is 14.9. The number of unbranched alkanes of at least 4 members (excludes halogenated alkanes) is 1. The molecule has 0 aliphatic heterocycles. The Hall–Kier alpha value is -3.15. The van der Waals surface area contributed by atoms with Gasteiger partial charge in [-0.2, -0.15) is 0 Å². The van der Waals surface area contributed by atoms with Crippen molar-refractivity contribution in [2.24, 2.45) is 5.73 Å². The molecule has 0 saturated carbocycles. The van der Waals surface area contributed by atoms with Crippen LogP contribution in [0.5, 0.6) is 5.75 Å². The molecule has 0 atom stereocenters. The maximum atomic E-state index is 13.1. The Labute approximate surface area is 151 Å². The van der Waals surface area contributed by atoms with Crippen molar-refractivity contribution in [2.45, 2.75) is 26.3 Å². The fourth-order valence-corrected chi connectivity index (χ4v) is 3.11. The second-order valence-electron chi connectivity index (χ2n) is 6.03. The number of nitrogens with zero attached hydrogens (tertiary/aromatic N) is 2. The summed E-state index contributed by atoms with van der Waals surface area (Å²) in [6, 6.07) is 10.9. The van der Waals surface area contributed by atoms with E-state index in [0.29, 0.717) is 34.5 Å². The smallest absolute Gasteiger partial charge is 0.265 e. The van der Waals surface area contributed by atoms with Gasteiger partial charge in [0.2, 0.25) is 0 Å². The van der Waals surface area contributed by atoms with E-state index in [-0.39, 0.29) is 5.56 Å². The molecule has 0 aliphatic carbocycles. The van der Waals surface area contributed by atoms with E-state index in [2.05, 4.69) is 4.98 Å². The average molecular weight is 351 g/mol. The number of pyridine rings is 2. The summed E-state index contributed by atoms with van der Waals surface area (Å²) in [6.45, 7) is 2.53. The van der Waals surface area contributed by atoms with Gasteiger partial charge in [-0.3, -0.25) is 14.2 Å². The summed E-state index contributed by atoms with van der Waals surface area (Å²) in [7, 11) is 1.57. The van der Waals surface area contributed by atoms with Crippen LogP contribution in [0.3, 0.4) is 0 Å². The molecule has 3 aromatic rings. The van der Waals surface area contributed by atoms with Crippen LogP contribution in [-0.4, -0.2) is 22.6 Å². The predicted octanol–water partition coefficient (Wildman–Crippen LogP) is 2.97. The number of carbonyl (C=O) groups excluding carboxylic acids is 1. The molecule has 2 aromatic heterocycles. The lowest BCUT2D eigenvalue weighted by molar-refractivity contribution is 0.0999. The summed E-state index contributed by atoms with van der Waals surface area (Å²) < 4.78 is 6.82. The average Bonchev–Trinajstić information content (AvgIpc) is 2.66. The lowest BCUT2D eigenvalue weighted by Gasteiger charge is -2.16. The molecule has 2 N–H and O–H groups in total. The highest BCUT2D eigenvalue weighted by Crippen LogP contribution is 2.31. The molecule has 26 heavy (non-hydrogen) atoms. The maximum Gasteiger partial charge on any atom is 0.265 e. The first-order valence-corrected chi connectivity index (χ1v) is 8.54. The lowest BCUT2D eigenvalue weighted by atomic mass is 9.96. The Morgan fingerprint density at radius 2 is 2.08 bits per heavy atom. The van der Waals surface area contributed by atoms with Gasteiger partial charge in [0.1, 0.15) is 17.0 Å². The van der Waals surface area contributed by atoms with Crippen molar-refractivity contribution in [3.05, 3.63) is 58.5 Å². The molecule has 1 amide bonds. The zero-order valence-corrected chi connectivity index (χ0v) is 14.9. The summed E-state index contributed by atoms with van der Waals surface area (Å²) in [5.41, 5.74) is 6.92. The minimum absolute atomic E-state index is 0.0187. The first-order chi connectivity index (χ1) is 12.6. The van der Waals surface area contributed by atoms with Gasteiger partial charge in [-0.1, -0.05) is 25.5 Å². The number of fused-ring (bicyclic) bond motifs is 1. The van der Waals surface area contributed by atoms with E-state index in [1.165, 1.54) is 0 Å². The van der Waals surface area contributed by atoms with Gasteiger partial charge in [0.05, 0.1) is 7.11 Å². The third-order valence-electron chi connectivity index (χ3n) is 4.36. The predicted molar refractivity (Wildman–Crippen MR) is 101 cm³/mol. The van der Waals surface area contributed by atoms with E-state index in [0.717, 1.165) is 12.8 Å². The number of carbonyl (C=O) groups is 1. The molecule has 0 radical (unpaired) electrons. The van der Waals surface area contributed by atoms with Crippen molar-refractivity contribution in [1.29, 1.82) is 0 Å². The Bertz CT molecular complexity index is 1020. The molecule has 6 nitrogen and oxygen atoms in total. The molecular weight excluding hydrogens is 330 g/mol. The van der Waals surface area contributed by atoms with Gasteiger partial charge in [-0.25, -0.2) is 4.98 Å². The number of aryl methyl sites for hydroxylation is 1. The molecular formula is C20H21N3O3. The molecule has 0 fully saturated rings. The van der Waals surface area contributed by atoms with E-state index < -0.39 is 11.5 Å². The van der Waals surface area contributed by atoms with Gasteiger partial charge in [0, 0.05) is 23.7 Å². The van der Waals surface area contributed by atoms with Gasteiger partial charge >= 0.3 is 0 Å². The number of nitrogens with two attached hydrogens (primary N) is 1. The van der Waals surface area contributed by atoms with Crippen molar-refractivity contribution in [1.82, 2.24) is 9.55 Å². The molecule has 1 aromatic carbocycles. The van der Waals surface area contributed by atoms with E-state index >= 15 is 0 Å². The first-order valence-electron chi connectivity index (χ1n) is 8.54. The normalized spacial score (nSPS) is 10.8. The number of rotatable bonds is 6. The maximum absolute atomic E-state index is 13.1. The van der Waals surface area contributed by atoms with E-state index in [1.54, 1.807) is 36.1 Å². The van der Waals surface area contributed by atoms with E-state index in [4.69, 9.17) is 10.5 Å². The Balaban J connectivity index is 2.43. The lowest BCUT2D eigenvalue weighted by Crippen LogP contribution is -2.31. The number of hydrogen-bond donors (Lipinski definition) is 1. The Morgan fingerprint density at radius 3 is 2.77 bits per heavy atom. The molecule has 3 rings (SSSR count). The monoisotopic (exact) mass is 351 g/mol. The van der Waals surface area contributed by atoms with Crippen LogP contribution in [0.15, 0.2) is 47.4 Å². The minimum Gasteiger partial charge on any atom is -0.497 e. The highest BCUT2D eigenvalue weighted by Gasteiger charge is 2.22. The van der Waals surface area contributed by atoms with Crippen LogP contribution < -0.4 is 16.0 Å². The summed E-state index contributed by atoms with van der Waals surface area (Å²) in [4.78, 5) is 29.7. The highest BCUT2D eigenvalue weighted by molar-refractivity contribution is 6.07. The number of primary amides is 1. The van der Waals surface area contributed by atoms with Crippen molar-refractivity contribution >= 4 is 16.9 Å². The summed E-state index contributed by atoms with van der Waals surface area (Å²) in [5.74, 6) is -0.117. The molecule has 0 bridgehead atoms. The third kappa shape index (κ3) is 3.06. The van der Waals surface area contributed by atoms with Crippen LogP contribution in [-0.2, 0) is 6.54 Å². The van der Waals surface area contributed by atoms with Gasteiger partial charge in [0.15, 0.2) is 0 Å². The molecule has 0 spiro atoms. The van der Waals surface area contributed by atoms with Crippen molar-refractivity contribution < 1.29 is 9.53 Å². The number of hydrogen-bond acceptors (Lipinski definition) is 4. The second kappa shape index (κ2) is 7.39.